The van der Waals surface area contributed by atoms with Gasteiger partial charge in [-0.1, -0.05) is 12.1 Å². The average Bonchev–Trinajstić information content (AvgIpc) is 3.30. The zero-order chi connectivity index (χ0) is 18.3. The van der Waals surface area contributed by atoms with E-state index in [0.717, 1.165) is 38.6 Å². The Morgan fingerprint density at radius 2 is 2.04 bits per heavy atom. The van der Waals surface area contributed by atoms with Gasteiger partial charge >= 0.3 is 0 Å². The topological polar surface area (TPSA) is 62.3 Å². The summed E-state index contributed by atoms with van der Waals surface area (Å²) in [4.78, 5) is 31.7. The molecule has 0 unspecified atom stereocenters. The molecule has 1 N–H and O–H groups in total. The minimum absolute atomic E-state index is 0.0429. The third-order valence-corrected chi connectivity index (χ3v) is 6.53. The van der Waals surface area contributed by atoms with E-state index in [2.05, 4.69) is 10.3 Å². The Kier molecular flexibility index (Phi) is 4.50. The van der Waals surface area contributed by atoms with Crippen molar-refractivity contribution in [3.63, 3.8) is 0 Å². The molecule has 0 saturated heterocycles. The molecule has 2 heterocycles. The molecule has 1 aromatic carbocycles. The van der Waals surface area contributed by atoms with Gasteiger partial charge in [0, 0.05) is 13.0 Å². The highest BCUT2D eigenvalue weighted by molar-refractivity contribution is 7.18. The number of aryl methyl sites for hydroxylation is 1. The van der Waals surface area contributed by atoms with E-state index >= 15 is 0 Å². The van der Waals surface area contributed by atoms with Crippen molar-refractivity contribution in [3.05, 3.63) is 45.8 Å². The molecule has 3 aromatic rings. The predicted octanol–water partition coefficient (Wildman–Crippen LogP) is 4.29. The van der Waals surface area contributed by atoms with Crippen LogP contribution in [0.3, 0.4) is 0 Å². The number of anilines is 1. The maximum absolute atomic E-state index is 12.8. The summed E-state index contributed by atoms with van der Waals surface area (Å²) in [5.41, 5.74) is 1.85. The fourth-order valence-corrected chi connectivity index (χ4v) is 4.85. The molecular weight excluding hydrogens is 366 g/mol. The number of thiophene rings is 1. The van der Waals surface area contributed by atoms with Gasteiger partial charge in [-0.3, -0.25) is 9.59 Å². The van der Waals surface area contributed by atoms with Crippen LogP contribution < -0.4 is 5.32 Å². The number of hydrogen-bond donors (Lipinski definition) is 1. The van der Waals surface area contributed by atoms with Gasteiger partial charge in [-0.2, -0.15) is 0 Å². The largest absolute Gasteiger partial charge is 0.334 e. The molecule has 1 aliphatic carbocycles. The molecule has 0 spiro atoms. The van der Waals surface area contributed by atoms with Crippen LogP contribution in [0.1, 0.15) is 33.1 Å². The van der Waals surface area contributed by atoms with Crippen LogP contribution in [0.5, 0.6) is 0 Å². The normalized spacial score (nSPS) is 13.8. The molecule has 26 heavy (non-hydrogen) atoms. The van der Waals surface area contributed by atoms with E-state index in [1.54, 1.807) is 23.3 Å². The SMILES string of the molecule is Cc1cc(NC(=O)C2CC2)sc1C(=O)N(C)Cc1nc2ccccc2s1. The minimum Gasteiger partial charge on any atom is -0.334 e. The summed E-state index contributed by atoms with van der Waals surface area (Å²) in [6.45, 7) is 2.38. The first-order chi connectivity index (χ1) is 12.5. The number of fused-ring (bicyclic) bond motifs is 1. The molecule has 1 aliphatic rings. The molecular formula is C19H19N3O2S2. The van der Waals surface area contributed by atoms with E-state index in [4.69, 9.17) is 0 Å². The second kappa shape index (κ2) is 6.81. The number of carbonyl (C=O) groups excluding carboxylic acids is 2. The lowest BCUT2D eigenvalue weighted by Crippen LogP contribution is -2.25. The van der Waals surface area contributed by atoms with Gasteiger partial charge < -0.3 is 10.2 Å². The van der Waals surface area contributed by atoms with Gasteiger partial charge in [-0.05, 0) is 43.5 Å². The van der Waals surface area contributed by atoms with Crippen LogP contribution in [0.4, 0.5) is 5.00 Å². The number of thiazole rings is 1. The maximum Gasteiger partial charge on any atom is 0.264 e. The molecule has 7 heteroatoms. The Labute approximate surface area is 159 Å². The summed E-state index contributed by atoms with van der Waals surface area (Å²) < 4.78 is 1.13. The summed E-state index contributed by atoms with van der Waals surface area (Å²) in [6, 6.07) is 9.86. The molecule has 0 radical (unpaired) electrons. The molecule has 0 aliphatic heterocycles. The van der Waals surface area contributed by atoms with Gasteiger partial charge in [-0.25, -0.2) is 4.98 Å². The highest BCUT2D eigenvalue weighted by atomic mass is 32.1. The van der Waals surface area contributed by atoms with E-state index < -0.39 is 0 Å². The molecule has 5 nitrogen and oxygen atoms in total. The maximum atomic E-state index is 12.8. The van der Waals surface area contributed by atoms with Gasteiger partial charge in [0.15, 0.2) is 0 Å². The number of nitrogens with one attached hydrogen (secondary N) is 1. The first-order valence-corrected chi connectivity index (χ1v) is 10.2. The summed E-state index contributed by atoms with van der Waals surface area (Å²) in [5.74, 6) is 0.171. The Morgan fingerprint density at radius 3 is 2.77 bits per heavy atom. The average molecular weight is 386 g/mol. The van der Waals surface area contributed by atoms with Gasteiger partial charge in [0.1, 0.15) is 5.01 Å². The molecule has 1 fully saturated rings. The van der Waals surface area contributed by atoms with Gasteiger partial charge in [0.25, 0.3) is 5.91 Å². The summed E-state index contributed by atoms with van der Waals surface area (Å²) in [7, 11) is 1.79. The molecule has 2 aromatic heterocycles. The molecule has 2 amide bonds. The monoisotopic (exact) mass is 385 g/mol. The first kappa shape index (κ1) is 17.2. The second-order valence-corrected chi connectivity index (χ2v) is 8.79. The molecule has 4 rings (SSSR count). The van der Waals surface area contributed by atoms with Crippen molar-refractivity contribution in [2.24, 2.45) is 5.92 Å². The van der Waals surface area contributed by atoms with Crippen molar-refractivity contribution < 1.29 is 9.59 Å². The van der Waals surface area contributed by atoms with E-state index in [-0.39, 0.29) is 17.7 Å². The number of rotatable bonds is 5. The standard InChI is InChI=1S/C19H19N3O2S2/c1-11-9-15(21-18(23)12-7-8-12)26-17(11)19(24)22(2)10-16-20-13-5-3-4-6-14(13)25-16/h3-6,9,12H,7-8,10H2,1-2H3,(H,21,23). The second-order valence-electron chi connectivity index (χ2n) is 6.62. The highest BCUT2D eigenvalue weighted by Gasteiger charge is 2.30. The van der Waals surface area contributed by atoms with E-state index in [1.165, 1.54) is 11.3 Å². The quantitative estimate of drug-likeness (QED) is 0.713. The number of para-hydroxylation sites is 1. The zero-order valence-corrected chi connectivity index (χ0v) is 16.2. The number of aromatic nitrogens is 1. The van der Waals surface area contributed by atoms with Crippen LogP contribution in [0.25, 0.3) is 10.2 Å². The molecule has 0 bridgehead atoms. The third-order valence-electron chi connectivity index (χ3n) is 4.36. The van der Waals surface area contributed by atoms with Crippen LogP contribution in [-0.4, -0.2) is 28.7 Å². The molecule has 0 atom stereocenters. The number of benzene rings is 1. The lowest BCUT2D eigenvalue weighted by Gasteiger charge is -2.15. The Hall–Kier alpha value is -2.25. The van der Waals surface area contributed by atoms with Crippen molar-refractivity contribution >= 4 is 49.7 Å². The predicted molar refractivity (Wildman–Crippen MR) is 106 cm³/mol. The smallest absolute Gasteiger partial charge is 0.264 e. The highest BCUT2D eigenvalue weighted by Crippen LogP contribution is 2.33. The van der Waals surface area contributed by atoms with Crippen molar-refractivity contribution in [3.8, 4) is 0 Å². The van der Waals surface area contributed by atoms with Crippen LogP contribution in [0, 0.1) is 12.8 Å². The molecule has 1 saturated carbocycles. The van der Waals surface area contributed by atoms with Crippen molar-refractivity contribution in [2.45, 2.75) is 26.3 Å². The van der Waals surface area contributed by atoms with Gasteiger partial charge in [-0.15, -0.1) is 22.7 Å². The van der Waals surface area contributed by atoms with Crippen LogP contribution in [-0.2, 0) is 11.3 Å². The fraction of sp³-hybridized carbons (Fsp3) is 0.316. The molecule has 134 valence electrons. The van der Waals surface area contributed by atoms with Crippen LogP contribution >= 0.6 is 22.7 Å². The van der Waals surface area contributed by atoms with Crippen molar-refractivity contribution in [1.82, 2.24) is 9.88 Å². The Morgan fingerprint density at radius 1 is 1.27 bits per heavy atom. The van der Waals surface area contributed by atoms with E-state index in [0.29, 0.717) is 11.4 Å². The lowest BCUT2D eigenvalue weighted by atomic mass is 10.2. The minimum atomic E-state index is -0.0429. The van der Waals surface area contributed by atoms with Gasteiger partial charge in [0.05, 0.1) is 26.6 Å². The zero-order valence-electron chi connectivity index (χ0n) is 14.6. The van der Waals surface area contributed by atoms with Crippen molar-refractivity contribution in [2.75, 3.05) is 12.4 Å². The fourth-order valence-electron chi connectivity index (χ4n) is 2.76. The number of amides is 2. The van der Waals surface area contributed by atoms with Crippen molar-refractivity contribution in [1.29, 1.82) is 0 Å². The van der Waals surface area contributed by atoms with Crippen LogP contribution in [0.15, 0.2) is 30.3 Å². The lowest BCUT2D eigenvalue weighted by molar-refractivity contribution is -0.117. The first-order valence-electron chi connectivity index (χ1n) is 8.52. The Bertz CT molecular complexity index is 955. The van der Waals surface area contributed by atoms with E-state index in [1.807, 2.05) is 37.3 Å². The summed E-state index contributed by atoms with van der Waals surface area (Å²) >= 11 is 2.95. The Balaban J connectivity index is 1.47. The van der Waals surface area contributed by atoms with Gasteiger partial charge in [0.2, 0.25) is 5.91 Å². The van der Waals surface area contributed by atoms with Crippen LogP contribution in [0.2, 0.25) is 0 Å². The number of nitrogens with zero attached hydrogens (tertiary/aromatic N) is 2. The number of hydrogen-bond acceptors (Lipinski definition) is 5. The number of carbonyl (C=O) groups is 2. The third kappa shape index (κ3) is 3.50. The summed E-state index contributed by atoms with van der Waals surface area (Å²) in [6.07, 6.45) is 1.93. The van der Waals surface area contributed by atoms with E-state index in [9.17, 15) is 9.59 Å². The summed E-state index contributed by atoms with van der Waals surface area (Å²) in [5, 5.41) is 4.59.